The summed E-state index contributed by atoms with van der Waals surface area (Å²) in [6.45, 7) is 0.782. The Kier molecular flexibility index (Phi) is 4.86. The van der Waals surface area contributed by atoms with Crippen molar-refractivity contribution in [2.24, 2.45) is 5.92 Å². The standard InChI is InChI=1S/C12H14Cl2O2S/c13-11-5-9(12(14)17-11)10(15)7-16-6-8-3-1-2-4-8/h5,8H,1-4,6-7H2. The maximum absolute atomic E-state index is 11.8. The second-order valence-electron chi connectivity index (χ2n) is 4.33. The molecule has 0 saturated heterocycles. The van der Waals surface area contributed by atoms with Gasteiger partial charge in [-0.15, -0.1) is 11.3 Å². The van der Waals surface area contributed by atoms with Crippen LogP contribution in [0.2, 0.25) is 8.67 Å². The van der Waals surface area contributed by atoms with E-state index in [0.29, 0.717) is 26.8 Å². The number of ether oxygens (including phenoxy) is 1. The number of carbonyl (C=O) groups is 1. The molecule has 0 bridgehead atoms. The van der Waals surface area contributed by atoms with Crippen molar-refractivity contribution >= 4 is 40.3 Å². The van der Waals surface area contributed by atoms with Crippen molar-refractivity contribution in [2.75, 3.05) is 13.2 Å². The molecule has 0 amide bonds. The zero-order valence-corrected chi connectivity index (χ0v) is 11.7. The van der Waals surface area contributed by atoms with Gasteiger partial charge in [0.15, 0.2) is 5.78 Å². The van der Waals surface area contributed by atoms with E-state index in [1.807, 2.05) is 0 Å². The summed E-state index contributed by atoms with van der Waals surface area (Å²) in [5, 5.41) is 0. The van der Waals surface area contributed by atoms with Crippen LogP contribution in [0.5, 0.6) is 0 Å². The van der Waals surface area contributed by atoms with Crippen LogP contribution in [0.4, 0.5) is 0 Å². The molecule has 0 aliphatic heterocycles. The first-order chi connectivity index (χ1) is 8.16. The molecule has 2 nitrogen and oxygen atoms in total. The van der Waals surface area contributed by atoms with Crippen LogP contribution in [0.25, 0.3) is 0 Å². The average molecular weight is 293 g/mol. The van der Waals surface area contributed by atoms with Crippen LogP contribution in [0, 0.1) is 5.92 Å². The van der Waals surface area contributed by atoms with E-state index in [4.69, 9.17) is 27.9 Å². The first-order valence-corrected chi connectivity index (χ1v) is 7.30. The predicted octanol–water partition coefficient (Wildman–Crippen LogP) is 4.44. The second-order valence-corrected chi connectivity index (χ2v) is 6.61. The molecule has 1 aromatic heterocycles. The third-order valence-corrected chi connectivity index (χ3v) is 4.51. The van der Waals surface area contributed by atoms with E-state index < -0.39 is 0 Å². The lowest BCUT2D eigenvalue weighted by molar-refractivity contribution is 0.0682. The highest BCUT2D eigenvalue weighted by molar-refractivity contribution is 7.20. The number of thiophene rings is 1. The summed E-state index contributed by atoms with van der Waals surface area (Å²) in [6.07, 6.45) is 5.01. The molecule has 17 heavy (non-hydrogen) atoms. The summed E-state index contributed by atoms with van der Waals surface area (Å²) in [4.78, 5) is 11.8. The average Bonchev–Trinajstić information content (AvgIpc) is 2.88. The van der Waals surface area contributed by atoms with Gasteiger partial charge in [-0.1, -0.05) is 36.0 Å². The Morgan fingerprint density at radius 3 is 2.71 bits per heavy atom. The Morgan fingerprint density at radius 1 is 1.41 bits per heavy atom. The number of rotatable bonds is 5. The van der Waals surface area contributed by atoms with Gasteiger partial charge < -0.3 is 4.74 Å². The Bertz CT molecular complexity index is 397. The summed E-state index contributed by atoms with van der Waals surface area (Å²) in [7, 11) is 0. The Morgan fingerprint density at radius 2 is 2.12 bits per heavy atom. The van der Waals surface area contributed by atoms with Crippen molar-refractivity contribution in [3.8, 4) is 0 Å². The minimum Gasteiger partial charge on any atom is -0.373 e. The zero-order valence-electron chi connectivity index (χ0n) is 9.38. The molecule has 94 valence electrons. The number of hydrogen-bond acceptors (Lipinski definition) is 3. The summed E-state index contributed by atoms with van der Waals surface area (Å²) < 4.78 is 6.44. The zero-order chi connectivity index (χ0) is 12.3. The fraction of sp³-hybridized carbons (Fsp3) is 0.583. The van der Waals surface area contributed by atoms with Gasteiger partial charge in [0.25, 0.3) is 0 Å². The number of Topliss-reactive ketones (excluding diaryl/α,β-unsaturated/α-hetero) is 1. The summed E-state index contributed by atoms with van der Waals surface area (Å²) in [5.41, 5.74) is 0.480. The van der Waals surface area contributed by atoms with E-state index in [-0.39, 0.29) is 12.4 Å². The van der Waals surface area contributed by atoms with Gasteiger partial charge in [-0.2, -0.15) is 0 Å². The van der Waals surface area contributed by atoms with Gasteiger partial charge in [0.1, 0.15) is 10.9 Å². The maximum Gasteiger partial charge on any atom is 0.190 e. The van der Waals surface area contributed by atoms with Gasteiger partial charge in [0, 0.05) is 0 Å². The molecule has 1 fully saturated rings. The van der Waals surface area contributed by atoms with Crippen molar-refractivity contribution in [1.82, 2.24) is 0 Å². The molecule has 1 heterocycles. The van der Waals surface area contributed by atoms with Gasteiger partial charge in [0.2, 0.25) is 0 Å². The van der Waals surface area contributed by atoms with Crippen molar-refractivity contribution in [3.63, 3.8) is 0 Å². The van der Waals surface area contributed by atoms with Crippen LogP contribution in [0.3, 0.4) is 0 Å². The SMILES string of the molecule is O=C(COCC1CCCC1)c1cc(Cl)sc1Cl. The van der Waals surface area contributed by atoms with Crippen LogP contribution >= 0.6 is 34.5 Å². The van der Waals surface area contributed by atoms with E-state index in [0.717, 1.165) is 0 Å². The molecular formula is C12H14Cl2O2S. The van der Waals surface area contributed by atoms with Crippen LogP contribution < -0.4 is 0 Å². The monoisotopic (exact) mass is 292 g/mol. The molecular weight excluding hydrogens is 279 g/mol. The first kappa shape index (κ1) is 13.3. The molecule has 0 aromatic carbocycles. The third kappa shape index (κ3) is 3.68. The molecule has 1 aliphatic carbocycles. The number of hydrogen-bond donors (Lipinski definition) is 0. The van der Waals surface area contributed by atoms with Crippen molar-refractivity contribution in [3.05, 3.63) is 20.3 Å². The summed E-state index contributed by atoms with van der Waals surface area (Å²) in [5.74, 6) is 0.542. The molecule has 1 saturated carbocycles. The first-order valence-electron chi connectivity index (χ1n) is 5.72. The van der Waals surface area contributed by atoms with Gasteiger partial charge in [-0.25, -0.2) is 0 Å². The molecule has 0 spiro atoms. The molecule has 1 aliphatic rings. The van der Waals surface area contributed by atoms with Gasteiger partial charge >= 0.3 is 0 Å². The number of halogens is 2. The third-order valence-electron chi connectivity index (χ3n) is 3.02. The van der Waals surface area contributed by atoms with Crippen LogP contribution in [-0.4, -0.2) is 19.0 Å². The van der Waals surface area contributed by atoms with Crippen molar-refractivity contribution in [2.45, 2.75) is 25.7 Å². The van der Waals surface area contributed by atoms with Gasteiger partial charge in [0.05, 0.1) is 16.5 Å². The molecule has 2 rings (SSSR count). The fourth-order valence-corrected chi connectivity index (χ4v) is 3.60. The van der Waals surface area contributed by atoms with E-state index in [1.54, 1.807) is 6.07 Å². The highest BCUT2D eigenvalue weighted by atomic mass is 35.5. The van der Waals surface area contributed by atoms with Crippen molar-refractivity contribution < 1.29 is 9.53 Å². The predicted molar refractivity (Wildman–Crippen MR) is 71.4 cm³/mol. The molecule has 0 atom stereocenters. The molecule has 0 N–H and O–H groups in total. The highest BCUT2D eigenvalue weighted by Gasteiger charge is 2.17. The molecule has 0 unspecified atom stereocenters. The lowest BCUT2D eigenvalue weighted by Gasteiger charge is -2.08. The van der Waals surface area contributed by atoms with E-state index in [2.05, 4.69) is 0 Å². The van der Waals surface area contributed by atoms with Gasteiger partial charge in [-0.05, 0) is 24.8 Å². The van der Waals surface area contributed by atoms with Crippen LogP contribution in [0.1, 0.15) is 36.0 Å². The quantitative estimate of drug-likeness (QED) is 0.750. The van der Waals surface area contributed by atoms with Gasteiger partial charge in [-0.3, -0.25) is 4.79 Å². The molecule has 1 aromatic rings. The highest BCUT2D eigenvalue weighted by Crippen LogP contribution is 2.31. The fourth-order valence-electron chi connectivity index (χ4n) is 2.10. The minimum absolute atomic E-state index is 0.0869. The lowest BCUT2D eigenvalue weighted by Crippen LogP contribution is -2.13. The Labute approximate surface area is 115 Å². The lowest BCUT2D eigenvalue weighted by atomic mass is 10.1. The normalized spacial score (nSPS) is 16.6. The number of ketones is 1. The van der Waals surface area contributed by atoms with E-state index in [1.165, 1.54) is 37.0 Å². The van der Waals surface area contributed by atoms with Crippen LogP contribution in [-0.2, 0) is 4.74 Å². The van der Waals surface area contributed by atoms with E-state index in [9.17, 15) is 4.79 Å². The molecule has 0 radical (unpaired) electrons. The number of carbonyl (C=O) groups excluding carboxylic acids is 1. The van der Waals surface area contributed by atoms with E-state index >= 15 is 0 Å². The Hall–Kier alpha value is -0.0900. The topological polar surface area (TPSA) is 26.3 Å². The summed E-state index contributed by atoms with van der Waals surface area (Å²) >= 11 is 12.9. The van der Waals surface area contributed by atoms with Crippen molar-refractivity contribution in [1.29, 1.82) is 0 Å². The second kappa shape index (κ2) is 6.19. The minimum atomic E-state index is -0.0869. The summed E-state index contributed by atoms with van der Waals surface area (Å²) in [6, 6.07) is 1.61. The van der Waals surface area contributed by atoms with Crippen LogP contribution in [0.15, 0.2) is 6.07 Å². The Balaban J connectivity index is 1.78. The maximum atomic E-state index is 11.8. The smallest absolute Gasteiger partial charge is 0.190 e. The largest absolute Gasteiger partial charge is 0.373 e. The molecule has 5 heteroatoms.